The van der Waals surface area contributed by atoms with Crippen molar-refractivity contribution in [3.63, 3.8) is 0 Å². The fourth-order valence-corrected chi connectivity index (χ4v) is 2.74. The predicted molar refractivity (Wildman–Crippen MR) is 283 cm³/mol. The Morgan fingerprint density at radius 1 is 0.972 bits per heavy atom. The Bertz CT molecular complexity index is 604. The van der Waals surface area contributed by atoms with Crippen molar-refractivity contribution in [1.82, 2.24) is 10.0 Å². The minimum Gasteiger partial charge on any atom is -1.00 e. The molecule has 0 atom stereocenters. The van der Waals surface area contributed by atoms with E-state index in [1.807, 2.05) is 19.5 Å². The molecule has 0 aromatic heterocycles. The first-order valence-electron chi connectivity index (χ1n) is 7.53. The number of likely N-dealkylation sites (N-methyl/N-ethyl adjacent to an activating group) is 1. The van der Waals surface area contributed by atoms with Crippen LogP contribution >= 0.6 is 272 Å². The summed E-state index contributed by atoms with van der Waals surface area (Å²) < 4.78 is 0. The zero-order valence-corrected chi connectivity index (χ0v) is 50.4. The van der Waals surface area contributed by atoms with Crippen LogP contribution in [0.5, 0.6) is 0 Å². The zero-order chi connectivity index (χ0) is 29.4. The summed E-state index contributed by atoms with van der Waals surface area (Å²) in [5, 5.41) is 18.4. The standard InChI is InChI=1S/C13H19N5O2S.BrH.7I2/c1-16-5-3-6-17(16)7-4-15-11-9-12(18(19)20)10(14)8-13(11)21-2;;7*1-2/h3,6,8-9,15H,4-5,7,14H2,1-2H3;1H;;;;;;;/p-1. The monoisotopic (exact) mass is 2160 g/mol. The smallest absolute Gasteiger partial charge is 0.294 e. The van der Waals surface area contributed by atoms with E-state index in [0.29, 0.717) is 6.54 Å². The zero-order valence-electron chi connectivity index (χ0n) is 17.7. The first-order valence-corrected chi connectivity index (χ1v) is 52.8. The van der Waals surface area contributed by atoms with Crippen LogP contribution in [0.4, 0.5) is 17.1 Å². The maximum Gasteiger partial charge on any atom is 0.294 e. The summed E-state index contributed by atoms with van der Waals surface area (Å²) in [6, 6.07) is 3.15. The number of benzene rings is 1. The maximum absolute atomic E-state index is 11.0. The molecule has 1 heterocycles. The maximum atomic E-state index is 11.0. The number of hydrazine groups is 1. The Labute approximate surface area is 393 Å². The second-order valence-electron chi connectivity index (χ2n) is 4.68. The van der Waals surface area contributed by atoms with Crippen LogP contribution < -0.4 is 28.0 Å². The molecule has 0 aliphatic carbocycles. The van der Waals surface area contributed by atoms with E-state index in [1.165, 1.54) is 17.8 Å². The van der Waals surface area contributed by atoms with Crippen molar-refractivity contribution in [1.29, 1.82) is 0 Å². The molecule has 2 rings (SSSR count). The molecule has 7 nitrogen and oxygen atoms in total. The van der Waals surface area contributed by atoms with E-state index in [9.17, 15) is 10.1 Å². The number of hydrogen-bond donors (Lipinski definition) is 2. The van der Waals surface area contributed by atoms with Crippen LogP contribution in [0.25, 0.3) is 0 Å². The van der Waals surface area contributed by atoms with Gasteiger partial charge in [-0.2, -0.15) is 0 Å². The predicted octanol–water partition coefficient (Wildman–Crippen LogP) is 11.4. The molecule has 1 aliphatic rings. The summed E-state index contributed by atoms with van der Waals surface area (Å²) in [5.74, 6) is 0. The summed E-state index contributed by atoms with van der Waals surface area (Å²) in [4.78, 5) is 11.4. The minimum absolute atomic E-state index is 0. The molecule has 1 aromatic carbocycles. The van der Waals surface area contributed by atoms with Gasteiger partial charge >= 0.3 is 0 Å². The van der Waals surface area contributed by atoms with Crippen molar-refractivity contribution >= 4 is 289 Å². The van der Waals surface area contributed by atoms with E-state index >= 15 is 0 Å². The first kappa shape index (κ1) is 60.1. The summed E-state index contributed by atoms with van der Waals surface area (Å²) in [7, 11) is 2.02. The van der Waals surface area contributed by atoms with E-state index in [4.69, 9.17) is 5.73 Å². The molecule has 0 bridgehead atoms. The van der Waals surface area contributed by atoms with Crippen LogP contribution in [0.2, 0.25) is 0 Å². The van der Waals surface area contributed by atoms with Gasteiger partial charge in [0.1, 0.15) is 5.69 Å². The highest BCUT2D eigenvalue weighted by Gasteiger charge is 2.16. The van der Waals surface area contributed by atoms with Crippen LogP contribution in [0, 0.1) is 10.1 Å². The quantitative estimate of drug-likeness (QED) is 0.0965. The van der Waals surface area contributed by atoms with E-state index in [2.05, 4.69) is 282 Å². The highest BCUT2D eigenvalue weighted by molar-refractivity contribution is 15.0. The van der Waals surface area contributed by atoms with Gasteiger partial charge in [0, 0.05) is 298 Å². The number of nitro groups is 1. The first-order chi connectivity index (χ1) is 17.0. The Kier molecular flexibility index (Phi) is 89.0. The minimum atomic E-state index is -0.457. The average Bonchev–Trinajstić information content (AvgIpc) is 3.36. The van der Waals surface area contributed by atoms with E-state index in [-0.39, 0.29) is 28.4 Å². The van der Waals surface area contributed by atoms with Crippen LogP contribution in [-0.4, -0.2) is 47.9 Å². The van der Waals surface area contributed by atoms with Crippen molar-refractivity contribution in [2.45, 2.75) is 4.90 Å². The topological polar surface area (TPSA) is 87.7 Å². The number of nitrogen functional groups attached to an aromatic ring is 1. The van der Waals surface area contributed by atoms with Gasteiger partial charge in [0.05, 0.1) is 17.2 Å². The molecule has 3 N–H and O–H groups in total. The van der Waals surface area contributed by atoms with Crippen molar-refractivity contribution < 1.29 is 21.9 Å². The summed E-state index contributed by atoms with van der Waals surface area (Å²) in [6.07, 6.45) is 6.03. The number of nitrogens with two attached hydrogens (primary N) is 1. The lowest BCUT2D eigenvalue weighted by Gasteiger charge is -2.25. The number of nitrogens with one attached hydrogen (secondary N) is 1. The molecule has 0 saturated heterocycles. The number of thioether (sulfide) groups is 1. The van der Waals surface area contributed by atoms with E-state index in [0.717, 1.165) is 23.7 Å². The van der Waals surface area contributed by atoms with Crippen LogP contribution in [-0.2, 0) is 0 Å². The van der Waals surface area contributed by atoms with Crippen molar-refractivity contribution in [3.05, 3.63) is 34.5 Å². The molecule has 36 heavy (non-hydrogen) atoms. The molecule has 0 fully saturated rings. The van der Waals surface area contributed by atoms with Gasteiger partial charge in [-0.25, -0.2) is 5.01 Å². The van der Waals surface area contributed by atoms with Gasteiger partial charge in [-0.3, -0.25) is 10.1 Å². The summed E-state index contributed by atoms with van der Waals surface area (Å²) in [5.41, 5.74) is 6.58. The number of anilines is 2. The molecule has 0 unspecified atom stereocenters. The molecule has 0 spiro atoms. The van der Waals surface area contributed by atoms with Gasteiger partial charge in [-0.15, -0.1) is 11.8 Å². The number of nitro benzene ring substituents is 1. The second kappa shape index (κ2) is 53.3. The van der Waals surface area contributed by atoms with E-state index < -0.39 is 4.92 Å². The Morgan fingerprint density at radius 3 is 1.75 bits per heavy atom. The lowest BCUT2D eigenvalue weighted by Crippen LogP contribution is -3.00. The Balaban J connectivity index is -0.0000000970. The number of hydrogen-bond acceptors (Lipinski definition) is 7. The van der Waals surface area contributed by atoms with Crippen LogP contribution in [0.15, 0.2) is 29.3 Å². The Hall–Kier alpha value is 8.77. The number of nitrogens with zero attached hydrogens (tertiary/aromatic N) is 3. The van der Waals surface area contributed by atoms with Gasteiger partial charge in [-0.05, 0) is 12.3 Å². The molecular weight excluding hydrogens is 2150 g/mol. The average molecular weight is 2170 g/mol. The third kappa shape index (κ3) is 34.1. The van der Waals surface area contributed by atoms with Gasteiger partial charge < -0.3 is 33.0 Å². The van der Waals surface area contributed by atoms with E-state index in [1.54, 1.807) is 6.07 Å². The third-order valence-electron chi connectivity index (χ3n) is 3.29. The summed E-state index contributed by atoms with van der Waals surface area (Å²) in [6.45, 7) is 2.38. The highest BCUT2D eigenvalue weighted by Crippen LogP contribution is 2.34. The Morgan fingerprint density at radius 2 is 1.42 bits per heavy atom. The lowest BCUT2D eigenvalue weighted by atomic mass is 10.2. The molecule has 1 aliphatic heterocycles. The molecule has 0 amide bonds. The molecule has 0 radical (unpaired) electrons. The fraction of sp³-hybridized carbons (Fsp3) is 0.385. The van der Waals surface area contributed by atoms with Crippen LogP contribution in [0.3, 0.4) is 0 Å². The number of halogens is 15. The largest absolute Gasteiger partial charge is 1.00 e. The highest BCUT2D eigenvalue weighted by atomic mass is 128. The summed E-state index contributed by atoms with van der Waals surface area (Å²) >= 11 is 31.2. The number of rotatable bonds is 6. The SMILES string of the molecule is CSc1cc(N)c([N+](=O)[O-])cc1NCCN1C=CCN1C.II.II.II.II.II.II.II.[Br-]. The van der Waals surface area contributed by atoms with Crippen molar-refractivity contribution in [3.8, 4) is 0 Å². The second-order valence-corrected chi connectivity index (χ2v) is 5.53. The molecule has 23 heteroatoms. The van der Waals surface area contributed by atoms with Crippen LogP contribution in [0.1, 0.15) is 0 Å². The molecular formula is C13H19BrI14N5O2S-. The molecule has 220 valence electrons. The van der Waals surface area contributed by atoms with Gasteiger partial charge in [-0.1, -0.05) is 6.08 Å². The van der Waals surface area contributed by atoms with Gasteiger partial charge in [0.25, 0.3) is 5.69 Å². The lowest BCUT2D eigenvalue weighted by molar-refractivity contribution is -0.383. The normalized spacial score (nSPS) is 9.72. The van der Waals surface area contributed by atoms with Crippen molar-refractivity contribution in [2.75, 3.05) is 44.0 Å². The fourth-order valence-electron chi connectivity index (χ4n) is 2.14. The van der Waals surface area contributed by atoms with Gasteiger partial charge in [0.15, 0.2) is 0 Å². The molecule has 1 aromatic rings. The molecule has 0 saturated carbocycles. The third-order valence-corrected chi connectivity index (χ3v) is 4.07. The van der Waals surface area contributed by atoms with Crippen molar-refractivity contribution in [2.24, 2.45) is 0 Å². The van der Waals surface area contributed by atoms with Gasteiger partial charge in [0.2, 0.25) is 0 Å².